The number of benzene rings is 2. The first-order valence-electron chi connectivity index (χ1n) is 7.54. The Labute approximate surface area is 151 Å². The van der Waals surface area contributed by atoms with Crippen LogP contribution in [0.25, 0.3) is 0 Å². The molecular weight excluding hydrogens is 364 g/mol. The fourth-order valence-corrected chi connectivity index (χ4v) is 3.28. The number of carbonyl (C=O) groups is 1. The van der Waals surface area contributed by atoms with Gasteiger partial charge in [-0.2, -0.15) is 0 Å². The highest BCUT2D eigenvalue weighted by Gasteiger charge is 2.15. The first kappa shape index (κ1) is 19.4. The van der Waals surface area contributed by atoms with Crippen LogP contribution in [0.4, 0.5) is 5.69 Å². The van der Waals surface area contributed by atoms with Crippen molar-refractivity contribution in [1.29, 1.82) is 0 Å². The van der Waals surface area contributed by atoms with Gasteiger partial charge in [0.25, 0.3) is 5.91 Å². The van der Waals surface area contributed by atoms with Gasteiger partial charge in [-0.05, 0) is 55.8 Å². The Morgan fingerprint density at radius 3 is 2.40 bits per heavy atom. The SMILES string of the molecule is Cc1ccc(NC(=O)c2ccc(S(=O)(=O)NC[C@H](C)O)cc2)cc1Cl. The van der Waals surface area contributed by atoms with Gasteiger partial charge in [0.05, 0.1) is 11.0 Å². The summed E-state index contributed by atoms with van der Waals surface area (Å²) in [5.41, 5.74) is 1.76. The van der Waals surface area contributed by atoms with Crippen LogP contribution in [0.3, 0.4) is 0 Å². The zero-order valence-electron chi connectivity index (χ0n) is 13.8. The molecule has 2 rings (SSSR count). The molecule has 134 valence electrons. The van der Waals surface area contributed by atoms with E-state index in [4.69, 9.17) is 16.7 Å². The molecule has 3 N–H and O–H groups in total. The summed E-state index contributed by atoms with van der Waals surface area (Å²) in [6.45, 7) is 3.25. The van der Waals surface area contributed by atoms with Gasteiger partial charge < -0.3 is 10.4 Å². The molecule has 2 aromatic rings. The molecular formula is C17H19ClN2O4S. The molecule has 1 atom stereocenters. The van der Waals surface area contributed by atoms with Crippen LogP contribution in [0.1, 0.15) is 22.8 Å². The summed E-state index contributed by atoms with van der Waals surface area (Å²) in [5.74, 6) is -0.374. The molecule has 0 spiro atoms. The molecule has 0 saturated heterocycles. The van der Waals surface area contributed by atoms with E-state index in [2.05, 4.69) is 10.0 Å². The molecule has 0 unspecified atom stereocenters. The molecule has 25 heavy (non-hydrogen) atoms. The Hall–Kier alpha value is -1.93. The summed E-state index contributed by atoms with van der Waals surface area (Å²) in [5, 5.41) is 12.4. The van der Waals surface area contributed by atoms with Crippen LogP contribution < -0.4 is 10.0 Å². The summed E-state index contributed by atoms with van der Waals surface area (Å²) in [7, 11) is -3.73. The summed E-state index contributed by atoms with van der Waals surface area (Å²) < 4.78 is 26.4. The quantitative estimate of drug-likeness (QED) is 0.715. The van der Waals surface area contributed by atoms with Gasteiger partial charge in [0.2, 0.25) is 10.0 Å². The number of carbonyl (C=O) groups excluding carboxylic acids is 1. The van der Waals surface area contributed by atoms with E-state index in [-0.39, 0.29) is 17.3 Å². The number of hydrogen-bond acceptors (Lipinski definition) is 4. The molecule has 2 aromatic carbocycles. The van der Waals surface area contributed by atoms with Crippen LogP contribution in [-0.2, 0) is 10.0 Å². The fourth-order valence-electron chi connectivity index (χ4n) is 1.97. The first-order chi connectivity index (χ1) is 11.7. The van der Waals surface area contributed by atoms with E-state index in [1.54, 1.807) is 18.2 Å². The summed E-state index contributed by atoms with van der Waals surface area (Å²) in [4.78, 5) is 12.3. The van der Waals surface area contributed by atoms with Crippen molar-refractivity contribution in [1.82, 2.24) is 4.72 Å². The number of aliphatic hydroxyl groups is 1. The normalized spacial score (nSPS) is 12.6. The van der Waals surface area contributed by atoms with Crippen molar-refractivity contribution < 1.29 is 18.3 Å². The molecule has 0 aliphatic carbocycles. The van der Waals surface area contributed by atoms with Crippen LogP contribution in [0, 0.1) is 6.92 Å². The van der Waals surface area contributed by atoms with Gasteiger partial charge in [0.15, 0.2) is 0 Å². The van der Waals surface area contributed by atoms with E-state index in [1.807, 2.05) is 6.92 Å². The highest BCUT2D eigenvalue weighted by molar-refractivity contribution is 7.89. The second kappa shape index (κ2) is 7.97. The molecule has 0 aliphatic rings. The van der Waals surface area contributed by atoms with Gasteiger partial charge in [0, 0.05) is 22.8 Å². The third-order valence-corrected chi connectivity index (χ3v) is 5.27. The number of aryl methyl sites for hydroxylation is 1. The van der Waals surface area contributed by atoms with Gasteiger partial charge in [0.1, 0.15) is 0 Å². The van der Waals surface area contributed by atoms with Crippen LogP contribution in [0.15, 0.2) is 47.4 Å². The maximum atomic E-state index is 12.2. The fraction of sp³-hybridized carbons (Fsp3) is 0.235. The minimum atomic E-state index is -3.73. The predicted molar refractivity (Wildman–Crippen MR) is 97.5 cm³/mol. The molecule has 0 heterocycles. The Morgan fingerprint density at radius 1 is 1.20 bits per heavy atom. The van der Waals surface area contributed by atoms with Crippen LogP contribution in [-0.4, -0.2) is 32.1 Å². The van der Waals surface area contributed by atoms with Crippen LogP contribution in [0.5, 0.6) is 0 Å². The molecule has 6 nitrogen and oxygen atoms in total. The first-order valence-corrected chi connectivity index (χ1v) is 9.40. The van der Waals surface area contributed by atoms with E-state index in [0.717, 1.165) is 5.56 Å². The molecule has 1 amide bonds. The highest BCUT2D eigenvalue weighted by Crippen LogP contribution is 2.20. The average molecular weight is 383 g/mol. The number of anilines is 1. The Bertz CT molecular complexity index is 865. The number of halogens is 1. The predicted octanol–water partition coefficient (Wildman–Crippen LogP) is 2.56. The van der Waals surface area contributed by atoms with Gasteiger partial charge in [-0.3, -0.25) is 4.79 Å². The summed E-state index contributed by atoms with van der Waals surface area (Å²) in [6, 6.07) is 10.7. The highest BCUT2D eigenvalue weighted by atomic mass is 35.5. The lowest BCUT2D eigenvalue weighted by Gasteiger charge is -2.10. The zero-order chi connectivity index (χ0) is 18.6. The van der Waals surface area contributed by atoms with Crippen molar-refractivity contribution in [2.24, 2.45) is 0 Å². The Kier molecular flexibility index (Phi) is 6.18. The van der Waals surface area contributed by atoms with Gasteiger partial charge >= 0.3 is 0 Å². The van der Waals surface area contributed by atoms with Crippen LogP contribution >= 0.6 is 11.6 Å². The molecule has 0 saturated carbocycles. The van der Waals surface area contributed by atoms with Gasteiger partial charge in [-0.25, -0.2) is 13.1 Å². The maximum Gasteiger partial charge on any atom is 0.255 e. The van der Waals surface area contributed by atoms with Gasteiger partial charge in [-0.1, -0.05) is 17.7 Å². The molecule has 8 heteroatoms. The molecule has 0 bridgehead atoms. The molecule has 0 aromatic heterocycles. The smallest absolute Gasteiger partial charge is 0.255 e. The number of nitrogens with one attached hydrogen (secondary N) is 2. The minimum Gasteiger partial charge on any atom is -0.392 e. The number of aliphatic hydroxyl groups excluding tert-OH is 1. The third kappa shape index (κ3) is 5.27. The zero-order valence-corrected chi connectivity index (χ0v) is 15.4. The molecule has 0 aliphatic heterocycles. The second-order valence-electron chi connectivity index (χ2n) is 5.64. The molecule has 0 fully saturated rings. The standard InChI is InChI=1S/C17H19ClN2O4S/c1-11-3-6-14(9-16(11)18)20-17(22)13-4-7-15(8-5-13)25(23,24)19-10-12(2)21/h3-9,12,19,21H,10H2,1-2H3,(H,20,22)/t12-/m0/s1. The Morgan fingerprint density at radius 2 is 1.84 bits per heavy atom. The van der Waals surface area contributed by atoms with Crippen molar-refractivity contribution in [2.75, 3.05) is 11.9 Å². The van der Waals surface area contributed by atoms with Crippen LogP contribution in [0.2, 0.25) is 5.02 Å². The van der Waals surface area contributed by atoms with Crippen molar-refractivity contribution in [3.05, 3.63) is 58.6 Å². The van der Waals surface area contributed by atoms with E-state index in [1.165, 1.54) is 31.2 Å². The van der Waals surface area contributed by atoms with E-state index in [9.17, 15) is 13.2 Å². The van der Waals surface area contributed by atoms with Crippen molar-refractivity contribution in [3.63, 3.8) is 0 Å². The lowest BCUT2D eigenvalue weighted by atomic mass is 10.2. The van der Waals surface area contributed by atoms with E-state index in [0.29, 0.717) is 16.3 Å². The lowest BCUT2D eigenvalue weighted by Crippen LogP contribution is -2.30. The van der Waals surface area contributed by atoms with Crippen molar-refractivity contribution in [2.45, 2.75) is 24.8 Å². The van der Waals surface area contributed by atoms with E-state index < -0.39 is 16.1 Å². The summed E-state index contributed by atoms with van der Waals surface area (Å²) in [6.07, 6.45) is -0.791. The number of rotatable bonds is 6. The second-order valence-corrected chi connectivity index (χ2v) is 7.82. The molecule has 0 radical (unpaired) electrons. The van der Waals surface area contributed by atoms with Crippen molar-refractivity contribution >= 4 is 33.2 Å². The topological polar surface area (TPSA) is 95.5 Å². The average Bonchev–Trinajstić information content (AvgIpc) is 2.56. The third-order valence-electron chi connectivity index (χ3n) is 3.43. The summed E-state index contributed by atoms with van der Waals surface area (Å²) >= 11 is 6.02. The largest absolute Gasteiger partial charge is 0.392 e. The lowest BCUT2D eigenvalue weighted by molar-refractivity contribution is 0.102. The Balaban J connectivity index is 2.10. The minimum absolute atomic E-state index is 0.0167. The van der Waals surface area contributed by atoms with E-state index >= 15 is 0 Å². The van der Waals surface area contributed by atoms with Crippen molar-refractivity contribution in [3.8, 4) is 0 Å². The number of hydrogen-bond donors (Lipinski definition) is 3. The monoisotopic (exact) mass is 382 g/mol. The van der Waals surface area contributed by atoms with Gasteiger partial charge in [-0.15, -0.1) is 0 Å². The number of sulfonamides is 1. The number of amides is 1. The maximum absolute atomic E-state index is 12.2.